The van der Waals surface area contributed by atoms with Crippen LogP contribution >= 0.6 is 23.2 Å². The van der Waals surface area contributed by atoms with E-state index in [0.717, 1.165) is 55.1 Å². The van der Waals surface area contributed by atoms with Crippen LogP contribution < -0.4 is 0 Å². The third-order valence-electron chi connectivity index (χ3n) is 5.80. The Morgan fingerprint density at radius 2 is 1.80 bits per heavy atom. The highest BCUT2D eigenvalue weighted by molar-refractivity contribution is 6.42. The van der Waals surface area contributed by atoms with Gasteiger partial charge in [0.1, 0.15) is 5.82 Å². The summed E-state index contributed by atoms with van der Waals surface area (Å²) in [6, 6.07) is 13.7. The molecule has 158 valence electrons. The van der Waals surface area contributed by atoms with Crippen molar-refractivity contribution in [3.63, 3.8) is 0 Å². The van der Waals surface area contributed by atoms with Gasteiger partial charge in [-0.2, -0.15) is 0 Å². The van der Waals surface area contributed by atoms with Gasteiger partial charge >= 0.3 is 0 Å². The van der Waals surface area contributed by atoms with Crippen LogP contribution in [0.3, 0.4) is 0 Å². The highest BCUT2D eigenvalue weighted by Crippen LogP contribution is 2.25. The van der Waals surface area contributed by atoms with Gasteiger partial charge < -0.3 is 14.4 Å². The summed E-state index contributed by atoms with van der Waals surface area (Å²) in [7, 11) is 0. The molecule has 0 bridgehead atoms. The van der Waals surface area contributed by atoms with Gasteiger partial charge in [-0.3, -0.25) is 4.79 Å². The Balaban J connectivity index is 1.51. The van der Waals surface area contributed by atoms with Crippen molar-refractivity contribution >= 4 is 40.1 Å². The van der Waals surface area contributed by atoms with Gasteiger partial charge in [-0.25, -0.2) is 4.98 Å². The fourth-order valence-corrected chi connectivity index (χ4v) is 4.34. The molecule has 0 N–H and O–H groups in total. The zero-order valence-corrected chi connectivity index (χ0v) is 18.7. The normalized spacial score (nSPS) is 15.1. The molecule has 1 aromatic heterocycles. The summed E-state index contributed by atoms with van der Waals surface area (Å²) in [6.45, 7) is 7.36. The lowest BCUT2D eigenvalue weighted by Gasteiger charge is -2.34. The molecule has 1 aliphatic rings. The minimum Gasteiger partial charge on any atom is -0.340 e. The van der Waals surface area contributed by atoms with E-state index in [2.05, 4.69) is 22.5 Å². The van der Waals surface area contributed by atoms with E-state index in [1.807, 2.05) is 41.3 Å². The Labute approximate surface area is 187 Å². The molecule has 1 fully saturated rings. The van der Waals surface area contributed by atoms with Gasteiger partial charge in [0.25, 0.3) is 0 Å². The Morgan fingerprint density at radius 1 is 1.03 bits per heavy atom. The summed E-state index contributed by atoms with van der Waals surface area (Å²) in [5.41, 5.74) is 3.04. The topological polar surface area (TPSA) is 41.4 Å². The van der Waals surface area contributed by atoms with E-state index in [-0.39, 0.29) is 5.91 Å². The number of amides is 1. The second-order valence-electron chi connectivity index (χ2n) is 7.66. The molecule has 0 atom stereocenters. The average molecular weight is 445 g/mol. The minimum absolute atomic E-state index is 0.212. The summed E-state index contributed by atoms with van der Waals surface area (Å²) >= 11 is 12.3. The molecule has 0 radical (unpaired) electrons. The van der Waals surface area contributed by atoms with Crippen LogP contribution in [0.1, 0.15) is 24.7 Å². The monoisotopic (exact) mass is 444 g/mol. The number of carbonyl (C=O) groups excluding carboxylic acids is 1. The molecule has 5 nitrogen and oxygen atoms in total. The molecule has 1 aliphatic heterocycles. The Kier molecular flexibility index (Phi) is 6.61. The standard InChI is InChI=1S/C23H26Cl2N4O/c1-2-27-11-13-28(14-12-27)23(30)9-10-29-21-6-4-3-5-20(21)26-22(29)16-17-7-8-18(24)19(25)15-17/h3-8,15H,2,9-14,16H2,1H3. The fraction of sp³-hybridized carbons (Fsp3) is 0.391. The van der Waals surface area contributed by atoms with Crippen LogP contribution in [0.5, 0.6) is 0 Å². The molecule has 1 amide bonds. The summed E-state index contributed by atoms with van der Waals surface area (Å²) in [5.74, 6) is 1.14. The molecule has 4 rings (SSSR count). The summed E-state index contributed by atoms with van der Waals surface area (Å²) in [5, 5.41) is 1.08. The zero-order valence-electron chi connectivity index (χ0n) is 17.2. The zero-order chi connectivity index (χ0) is 21.1. The van der Waals surface area contributed by atoms with Crippen molar-refractivity contribution in [3.05, 3.63) is 63.9 Å². The van der Waals surface area contributed by atoms with Crippen LogP contribution in [0.2, 0.25) is 10.0 Å². The molecule has 1 saturated heterocycles. The van der Waals surface area contributed by atoms with Crippen molar-refractivity contribution in [3.8, 4) is 0 Å². The van der Waals surface area contributed by atoms with Gasteiger partial charge in [-0.1, -0.05) is 48.3 Å². The molecule has 2 heterocycles. The van der Waals surface area contributed by atoms with E-state index in [9.17, 15) is 4.79 Å². The number of fused-ring (bicyclic) bond motifs is 1. The van der Waals surface area contributed by atoms with Gasteiger partial charge in [-0.05, 0) is 36.4 Å². The van der Waals surface area contributed by atoms with Crippen LogP contribution in [-0.4, -0.2) is 58.0 Å². The molecule has 0 unspecified atom stereocenters. The number of aromatic nitrogens is 2. The van der Waals surface area contributed by atoms with Crippen LogP contribution in [0, 0.1) is 0 Å². The molecule has 2 aromatic carbocycles. The molecular weight excluding hydrogens is 419 g/mol. The molecule has 7 heteroatoms. The van der Waals surface area contributed by atoms with Gasteiger partial charge in [0, 0.05) is 45.6 Å². The highest BCUT2D eigenvalue weighted by atomic mass is 35.5. The first-order chi connectivity index (χ1) is 14.5. The SMILES string of the molecule is CCN1CCN(C(=O)CCn2c(Cc3ccc(Cl)c(Cl)c3)nc3ccccc32)CC1. The minimum atomic E-state index is 0.212. The van der Waals surface area contributed by atoms with Gasteiger partial charge in [0.05, 0.1) is 21.1 Å². The quantitative estimate of drug-likeness (QED) is 0.562. The lowest BCUT2D eigenvalue weighted by atomic mass is 10.1. The van der Waals surface area contributed by atoms with Crippen molar-refractivity contribution in [1.29, 1.82) is 0 Å². The maximum atomic E-state index is 12.8. The first-order valence-electron chi connectivity index (χ1n) is 10.4. The maximum Gasteiger partial charge on any atom is 0.224 e. The number of aryl methyl sites for hydroxylation is 1. The smallest absolute Gasteiger partial charge is 0.224 e. The lowest BCUT2D eigenvalue weighted by Crippen LogP contribution is -2.48. The van der Waals surface area contributed by atoms with Crippen LogP contribution in [0.4, 0.5) is 0 Å². The number of hydrogen-bond acceptors (Lipinski definition) is 3. The highest BCUT2D eigenvalue weighted by Gasteiger charge is 2.21. The van der Waals surface area contributed by atoms with E-state index >= 15 is 0 Å². The van der Waals surface area contributed by atoms with Gasteiger partial charge in [0.15, 0.2) is 0 Å². The fourth-order valence-electron chi connectivity index (χ4n) is 4.02. The van der Waals surface area contributed by atoms with Crippen LogP contribution in [-0.2, 0) is 17.8 Å². The van der Waals surface area contributed by atoms with E-state index < -0.39 is 0 Å². The van der Waals surface area contributed by atoms with Crippen molar-refractivity contribution in [1.82, 2.24) is 19.4 Å². The first kappa shape index (κ1) is 21.2. The Morgan fingerprint density at radius 3 is 2.53 bits per heavy atom. The largest absolute Gasteiger partial charge is 0.340 e. The second-order valence-corrected chi connectivity index (χ2v) is 8.47. The van der Waals surface area contributed by atoms with Gasteiger partial charge in [0.2, 0.25) is 5.91 Å². The molecule has 3 aromatic rings. The molecular formula is C23H26Cl2N4O. The number of hydrogen-bond donors (Lipinski definition) is 0. The van der Waals surface area contributed by atoms with E-state index in [0.29, 0.717) is 29.4 Å². The first-order valence-corrected chi connectivity index (χ1v) is 11.2. The van der Waals surface area contributed by atoms with Crippen LogP contribution in [0.25, 0.3) is 11.0 Å². The van der Waals surface area contributed by atoms with Crippen molar-refractivity contribution in [2.75, 3.05) is 32.7 Å². The van der Waals surface area contributed by atoms with Gasteiger partial charge in [-0.15, -0.1) is 0 Å². The number of nitrogens with zero attached hydrogens (tertiary/aromatic N) is 4. The number of benzene rings is 2. The summed E-state index contributed by atoms with van der Waals surface area (Å²) in [4.78, 5) is 22.0. The predicted octanol–water partition coefficient (Wildman–Crippen LogP) is 4.49. The second kappa shape index (κ2) is 9.38. The third kappa shape index (κ3) is 4.64. The number of likely N-dealkylation sites (N-methyl/N-ethyl adjacent to an activating group) is 1. The molecule has 0 saturated carbocycles. The molecule has 30 heavy (non-hydrogen) atoms. The van der Waals surface area contributed by atoms with Crippen molar-refractivity contribution in [2.24, 2.45) is 0 Å². The Bertz CT molecular complexity index is 1040. The Hall–Kier alpha value is -2.08. The summed E-state index contributed by atoms with van der Waals surface area (Å²) < 4.78 is 2.16. The number of carbonyl (C=O) groups is 1. The molecule has 0 aliphatic carbocycles. The molecule has 0 spiro atoms. The predicted molar refractivity (Wildman–Crippen MR) is 122 cm³/mol. The number of piperazine rings is 1. The average Bonchev–Trinajstić information content (AvgIpc) is 3.11. The summed E-state index contributed by atoms with van der Waals surface area (Å²) in [6.07, 6.45) is 1.11. The van der Waals surface area contributed by atoms with Crippen molar-refractivity contribution in [2.45, 2.75) is 26.3 Å². The van der Waals surface area contributed by atoms with Crippen molar-refractivity contribution < 1.29 is 4.79 Å². The number of halogens is 2. The van der Waals surface area contributed by atoms with Crippen LogP contribution in [0.15, 0.2) is 42.5 Å². The number of rotatable bonds is 6. The number of para-hydroxylation sites is 2. The third-order valence-corrected chi connectivity index (χ3v) is 6.54. The lowest BCUT2D eigenvalue weighted by molar-refractivity contribution is -0.133. The van der Waals surface area contributed by atoms with E-state index in [1.165, 1.54) is 0 Å². The van der Waals surface area contributed by atoms with E-state index in [4.69, 9.17) is 28.2 Å². The number of imidazole rings is 1. The maximum absolute atomic E-state index is 12.8. The van der Waals surface area contributed by atoms with E-state index in [1.54, 1.807) is 0 Å².